The molecule has 1 fully saturated rings. The van der Waals surface area contributed by atoms with Crippen LogP contribution in [0.5, 0.6) is 0 Å². The van der Waals surface area contributed by atoms with Crippen LogP contribution in [0.1, 0.15) is 19.8 Å². The zero-order chi connectivity index (χ0) is 7.56. The maximum Gasteiger partial charge on any atom is 0.0793 e. The lowest BCUT2D eigenvalue weighted by Gasteiger charge is -2.27. The van der Waals surface area contributed by atoms with Crippen molar-refractivity contribution in [3.8, 4) is 0 Å². The Morgan fingerprint density at radius 2 is 2.30 bits per heavy atom. The van der Waals surface area contributed by atoms with Gasteiger partial charge in [-0.05, 0) is 19.8 Å². The molecule has 0 N–H and O–H groups in total. The van der Waals surface area contributed by atoms with Crippen LogP contribution >= 0.6 is 0 Å². The van der Waals surface area contributed by atoms with E-state index in [2.05, 4.69) is 20.1 Å². The van der Waals surface area contributed by atoms with E-state index in [4.69, 9.17) is 4.74 Å². The molecule has 56 valence electrons. The highest BCUT2D eigenvalue weighted by atomic mass is 16.5. The third-order valence-corrected chi connectivity index (χ3v) is 1.74. The summed E-state index contributed by atoms with van der Waals surface area (Å²) >= 11 is 0. The first-order valence-corrected chi connectivity index (χ1v) is 3.67. The highest BCUT2D eigenvalue weighted by Gasteiger charge is 2.18. The van der Waals surface area contributed by atoms with Gasteiger partial charge >= 0.3 is 0 Å². The maximum absolute atomic E-state index is 5.53. The van der Waals surface area contributed by atoms with Crippen molar-refractivity contribution in [3.05, 3.63) is 24.8 Å². The van der Waals surface area contributed by atoms with E-state index in [1.165, 1.54) is 5.57 Å². The van der Waals surface area contributed by atoms with Gasteiger partial charge in [0.15, 0.2) is 0 Å². The molecule has 0 amide bonds. The SMILES string of the molecule is C=C[C@@H]1CC(=C)C[C@@H](C)O1. The van der Waals surface area contributed by atoms with Gasteiger partial charge in [-0.2, -0.15) is 0 Å². The van der Waals surface area contributed by atoms with Crippen LogP contribution in [0.25, 0.3) is 0 Å². The monoisotopic (exact) mass is 138 g/mol. The average molecular weight is 138 g/mol. The molecule has 0 aromatic heterocycles. The summed E-state index contributed by atoms with van der Waals surface area (Å²) in [5, 5.41) is 0. The van der Waals surface area contributed by atoms with E-state index in [1.54, 1.807) is 0 Å². The molecule has 0 bridgehead atoms. The van der Waals surface area contributed by atoms with E-state index >= 15 is 0 Å². The van der Waals surface area contributed by atoms with Crippen molar-refractivity contribution in [1.82, 2.24) is 0 Å². The Balaban J connectivity index is 2.50. The number of hydrogen-bond acceptors (Lipinski definition) is 1. The number of ether oxygens (including phenoxy) is 1. The summed E-state index contributed by atoms with van der Waals surface area (Å²) in [7, 11) is 0. The molecule has 0 saturated carbocycles. The van der Waals surface area contributed by atoms with Crippen LogP contribution < -0.4 is 0 Å². The highest BCUT2D eigenvalue weighted by Crippen LogP contribution is 2.22. The van der Waals surface area contributed by atoms with Crippen molar-refractivity contribution in [2.45, 2.75) is 32.0 Å². The van der Waals surface area contributed by atoms with Gasteiger partial charge in [0, 0.05) is 0 Å². The Labute approximate surface area is 62.4 Å². The zero-order valence-electron chi connectivity index (χ0n) is 6.47. The van der Waals surface area contributed by atoms with E-state index in [1.807, 2.05) is 6.08 Å². The molecule has 1 saturated heterocycles. The van der Waals surface area contributed by atoms with Gasteiger partial charge in [0.05, 0.1) is 12.2 Å². The predicted molar refractivity (Wildman–Crippen MR) is 42.9 cm³/mol. The van der Waals surface area contributed by atoms with E-state index < -0.39 is 0 Å². The Kier molecular flexibility index (Phi) is 2.28. The fourth-order valence-corrected chi connectivity index (χ4v) is 1.31. The Morgan fingerprint density at radius 1 is 1.60 bits per heavy atom. The summed E-state index contributed by atoms with van der Waals surface area (Å²) in [5.74, 6) is 0. The molecule has 1 aliphatic rings. The fraction of sp³-hybridized carbons (Fsp3) is 0.556. The van der Waals surface area contributed by atoms with Gasteiger partial charge in [0.25, 0.3) is 0 Å². The second kappa shape index (κ2) is 3.02. The summed E-state index contributed by atoms with van der Waals surface area (Å²) in [4.78, 5) is 0. The lowest BCUT2D eigenvalue weighted by molar-refractivity contribution is 0.00572. The Morgan fingerprint density at radius 3 is 2.80 bits per heavy atom. The van der Waals surface area contributed by atoms with Crippen LogP contribution in [0.15, 0.2) is 24.8 Å². The molecule has 0 aromatic carbocycles. The largest absolute Gasteiger partial charge is 0.371 e. The van der Waals surface area contributed by atoms with Crippen molar-refractivity contribution >= 4 is 0 Å². The molecule has 1 rings (SSSR count). The van der Waals surface area contributed by atoms with Gasteiger partial charge in [-0.1, -0.05) is 18.2 Å². The summed E-state index contributed by atoms with van der Waals surface area (Å²) in [5.41, 5.74) is 1.28. The second-order valence-electron chi connectivity index (χ2n) is 2.88. The third-order valence-electron chi connectivity index (χ3n) is 1.74. The van der Waals surface area contributed by atoms with Gasteiger partial charge in [-0.3, -0.25) is 0 Å². The average Bonchev–Trinajstić information content (AvgIpc) is 1.85. The zero-order valence-corrected chi connectivity index (χ0v) is 6.47. The topological polar surface area (TPSA) is 9.23 Å². The highest BCUT2D eigenvalue weighted by molar-refractivity contribution is 5.04. The van der Waals surface area contributed by atoms with Crippen molar-refractivity contribution < 1.29 is 4.74 Å². The molecule has 0 radical (unpaired) electrons. The van der Waals surface area contributed by atoms with Crippen LogP contribution in [0, 0.1) is 0 Å². The first kappa shape index (κ1) is 7.55. The molecule has 1 heteroatoms. The maximum atomic E-state index is 5.53. The molecule has 0 aliphatic carbocycles. The first-order chi connectivity index (χ1) is 4.72. The van der Waals surface area contributed by atoms with E-state index in [0.29, 0.717) is 6.10 Å². The summed E-state index contributed by atoms with van der Waals surface area (Å²) in [6.07, 6.45) is 4.33. The van der Waals surface area contributed by atoms with E-state index in [0.717, 1.165) is 12.8 Å². The van der Waals surface area contributed by atoms with E-state index in [-0.39, 0.29) is 6.10 Å². The summed E-state index contributed by atoms with van der Waals surface area (Å²) in [6, 6.07) is 0. The third kappa shape index (κ3) is 1.71. The van der Waals surface area contributed by atoms with Crippen LogP contribution in [0.4, 0.5) is 0 Å². The normalized spacial score (nSPS) is 33.9. The lowest BCUT2D eigenvalue weighted by atomic mass is 10.0. The molecule has 1 nitrogen and oxygen atoms in total. The molecule has 1 heterocycles. The van der Waals surface area contributed by atoms with Gasteiger partial charge in [-0.25, -0.2) is 0 Å². The molecule has 0 spiro atoms. The first-order valence-electron chi connectivity index (χ1n) is 3.67. The van der Waals surface area contributed by atoms with Gasteiger partial charge in [0.1, 0.15) is 0 Å². The van der Waals surface area contributed by atoms with Crippen LogP contribution in [0.2, 0.25) is 0 Å². The predicted octanol–water partition coefficient (Wildman–Crippen LogP) is 2.30. The molecular formula is C9H14O. The van der Waals surface area contributed by atoms with Crippen LogP contribution in [-0.2, 0) is 4.74 Å². The smallest absolute Gasteiger partial charge is 0.0793 e. The minimum absolute atomic E-state index is 0.205. The summed E-state index contributed by atoms with van der Waals surface area (Å²) in [6.45, 7) is 9.69. The molecule has 0 aromatic rings. The van der Waals surface area contributed by atoms with Crippen LogP contribution in [-0.4, -0.2) is 12.2 Å². The molecule has 1 aliphatic heterocycles. The quantitative estimate of drug-likeness (QED) is 0.505. The molecular weight excluding hydrogens is 124 g/mol. The minimum atomic E-state index is 0.205. The summed E-state index contributed by atoms with van der Waals surface area (Å²) < 4.78 is 5.53. The standard InChI is InChI=1S/C9H14O/c1-4-9-6-7(2)5-8(3)10-9/h4,8-9H,1-2,5-6H2,3H3/t8-,9-/m1/s1. The minimum Gasteiger partial charge on any atom is -0.371 e. The van der Waals surface area contributed by atoms with Crippen molar-refractivity contribution in [1.29, 1.82) is 0 Å². The lowest BCUT2D eigenvalue weighted by Crippen LogP contribution is -2.24. The number of rotatable bonds is 1. The Hall–Kier alpha value is -0.560. The molecule has 2 atom stereocenters. The van der Waals surface area contributed by atoms with Crippen molar-refractivity contribution in [2.24, 2.45) is 0 Å². The van der Waals surface area contributed by atoms with E-state index in [9.17, 15) is 0 Å². The fourth-order valence-electron chi connectivity index (χ4n) is 1.31. The number of hydrogen-bond donors (Lipinski definition) is 0. The Bertz CT molecular complexity index is 149. The second-order valence-corrected chi connectivity index (χ2v) is 2.88. The van der Waals surface area contributed by atoms with Gasteiger partial charge < -0.3 is 4.74 Å². The van der Waals surface area contributed by atoms with Gasteiger partial charge in [-0.15, -0.1) is 6.58 Å². The van der Waals surface area contributed by atoms with Crippen molar-refractivity contribution in [3.63, 3.8) is 0 Å². The van der Waals surface area contributed by atoms with Crippen LogP contribution in [0.3, 0.4) is 0 Å². The van der Waals surface area contributed by atoms with Gasteiger partial charge in [0.2, 0.25) is 0 Å². The van der Waals surface area contributed by atoms with Crippen molar-refractivity contribution in [2.75, 3.05) is 0 Å². The molecule has 10 heavy (non-hydrogen) atoms. The molecule has 0 unspecified atom stereocenters.